The Morgan fingerprint density at radius 2 is 2.00 bits per heavy atom. The van der Waals surface area contributed by atoms with Crippen LogP contribution in [0.2, 0.25) is 0 Å². The molecule has 1 aromatic rings. The molecule has 0 spiro atoms. The quantitative estimate of drug-likeness (QED) is 0.543. The van der Waals surface area contributed by atoms with Gasteiger partial charge < -0.3 is 0 Å². The van der Waals surface area contributed by atoms with Crippen LogP contribution in [-0.2, 0) is 6.42 Å². The smallest absolute Gasteiger partial charge is 0.0130 e. The van der Waals surface area contributed by atoms with Crippen LogP contribution in [-0.4, -0.2) is 0 Å². The van der Waals surface area contributed by atoms with Crippen molar-refractivity contribution in [3.05, 3.63) is 53.0 Å². The van der Waals surface area contributed by atoms with E-state index in [9.17, 15) is 0 Å². The van der Waals surface area contributed by atoms with Gasteiger partial charge in [-0.3, -0.25) is 0 Å². The van der Waals surface area contributed by atoms with Crippen molar-refractivity contribution in [1.82, 2.24) is 0 Å². The summed E-state index contributed by atoms with van der Waals surface area (Å²) in [7, 11) is 0. The van der Waals surface area contributed by atoms with Crippen molar-refractivity contribution in [3.63, 3.8) is 0 Å². The molecule has 0 amide bonds. The van der Waals surface area contributed by atoms with Gasteiger partial charge in [0.2, 0.25) is 0 Å². The molecule has 1 aliphatic carbocycles. The lowest BCUT2D eigenvalue weighted by Crippen LogP contribution is -2.01. The Labute approximate surface area is 73.9 Å². The van der Waals surface area contributed by atoms with Gasteiger partial charge in [0, 0.05) is 6.42 Å². The molecule has 0 heteroatoms. The highest BCUT2D eigenvalue weighted by atomic mass is 14.1. The molecule has 0 saturated heterocycles. The molecule has 1 radical (unpaired) electrons. The van der Waals surface area contributed by atoms with Crippen molar-refractivity contribution < 1.29 is 0 Å². The molecule has 1 aliphatic rings. The van der Waals surface area contributed by atoms with Gasteiger partial charge in [0.1, 0.15) is 0 Å². The Morgan fingerprint density at radius 3 is 2.83 bits per heavy atom. The van der Waals surface area contributed by atoms with Gasteiger partial charge in [-0.25, -0.2) is 0 Å². The molecule has 61 valence electrons. The summed E-state index contributed by atoms with van der Waals surface area (Å²) < 4.78 is 0. The second kappa shape index (κ2) is 2.78. The minimum absolute atomic E-state index is 1.12. The summed E-state index contributed by atoms with van der Waals surface area (Å²) in [5.41, 5.74) is 5.72. The SMILES string of the molecule is CC1=C[CH]c2c(C)cccc2C1. The molecule has 0 atom stereocenters. The first-order valence-electron chi connectivity index (χ1n) is 4.36. The Balaban J connectivity index is 2.49. The lowest BCUT2D eigenvalue weighted by Gasteiger charge is -2.15. The molecule has 0 N–H and O–H groups in total. The normalized spacial score (nSPS) is 15.3. The van der Waals surface area contributed by atoms with E-state index in [1.807, 2.05) is 0 Å². The molecular formula is C12H13. The van der Waals surface area contributed by atoms with Gasteiger partial charge in [-0.2, -0.15) is 0 Å². The van der Waals surface area contributed by atoms with Crippen LogP contribution in [0.3, 0.4) is 0 Å². The summed E-state index contributed by atoms with van der Waals surface area (Å²) in [5.74, 6) is 0. The molecule has 1 aromatic carbocycles. The van der Waals surface area contributed by atoms with Crippen LogP contribution in [0.4, 0.5) is 0 Å². The van der Waals surface area contributed by atoms with Crippen LogP contribution >= 0.6 is 0 Å². The molecule has 0 aromatic heterocycles. The number of fused-ring (bicyclic) bond motifs is 1. The first-order chi connectivity index (χ1) is 5.77. The molecule has 12 heavy (non-hydrogen) atoms. The summed E-state index contributed by atoms with van der Waals surface area (Å²) in [6.45, 7) is 4.35. The van der Waals surface area contributed by atoms with Gasteiger partial charge in [-0.15, -0.1) is 0 Å². The van der Waals surface area contributed by atoms with Gasteiger partial charge >= 0.3 is 0 Å². The zero-order valence-corrected chi connectivity index (χ0v) is 7.59. The number of rotatable bonds is 0. The van der Waals surface area contributed by atoms with Gasteiger partial charge in [0.25, 0.3) is 0 Å². The van der Waals surface area contributed by atoms with Crippen molar-refractivity contribution in [2.75, 3.05) is 0 Å². The Kier molecular flexibility index (Phi) is 1.76. The lowest BCUT2D eigenvalue weighted by atomic mass is 9.89. The van der Waals surface area contributed by atoms with E-state index in [-0.39, 0.29) is 0 Å². The fourth-order valence-electron chi connectivity index (χ4n) is 1.72. The van der Waals surface area contributed by atoms with Gasteiger partial charge in [-0.05, 0) is 37.0 Å². The number of aryl methyl sites for hydroxylation is 1. The first kappa shape index (κ1) is 7.60. The van der Waals surface area contributed by atoms with E-state index in [2.05, 4.69) is 44.5 Å². The van der Waals surface area contributed by atoms with E-state index >= 15 is 0 Å². The number of allylic oxidation sites excluding steroid dienone is 2. The fraction of sp³-hybridized carbons (Fsp3) is 0.250. The van der Waals surface area contributed by atoms with E-state index in [1.54, 1.807) is 0 Å². The highest BCUT2D eigenvalue weighted by Crippen LogP contribution is 2.24. The highest BCUT2D eigenvalue weighted by Gasteiger charge is 2.09. The van der Waals surface area contributed by atoms with Crippen LogP contribution in [0.15, 0.2) is 29.8 Å². The maximum Gasteiger partial charge on any atom is 0.0130 e. The van der Waals surface area contributed by atoms with E-state index in [0.717, 1.165) is 6.42 Å². The van der Waals surface area contributed by atoms with Crippen LogP contribution in [0.1, 0.15) is 23.6 Å². The highest BCUT2D eigenvalue weighted by molar-refractivity contribution is 5.47. The fourth-order valence-corrected chi connectivity index (χ4v) is 1.72. The summed E-state index contributed by atoms with van der Waals surface area (Å²) in [4.78, 5) is 0. The van der Waals surface area contributed by atoms with E-state index < -0.39 is 0 Å². The van der Waals surface area contributed by atoms with Crippen molar-refractivity contribution in [3.8, 4) is 0 Å². The van der Waals surface area contributed by atoms with Crippen LogP contribution < -0.4 is 0 Å². The second-order valence-electron chi connectivity index (χ2n) is 3.50. The first-order valence-corrected chi connectivity index (χ1v) is 4.36. The van der Waals surface area contributed by atoms with Crippen LogP contribution in [0.25, 0.3) is 0 Å². The number of benzene rings is 1. The molecular weight excluding hydrogens is 144 g/mol. The number of hydrogen-bond acceptors (Lipinski definition) is 0. The van der Waals surface area contributed by atoms with E-state index in [0.29, 0.717) is 0 Å². The Morgan fingerprint density at radius 1 is 1.17 bits per heavy atom. The third kappa shape index (κ3) is 1.18. The summed E-state index contributed by atoms with van der Waals surface area (Å²) in [6, 6.07) is 6.53. The molecule has 2 rings (SSSR count). The van der Waals surface area contributed by atoms with Crippen molar-refractivity contribution in [2.24, 2.45) is 0 Å². The standard InChI is InChI=1S/C12H13/c1-9-6-7-12-10(2)4-3-5-11(12)8-9/h3-7H,8H2,1-2H3. The minimum atomic E-state index is 1.12. The molecule has 0 heterocycles. The topological polar surface area (TPSA) is 0 Å². The van der Waals surface area contributed by atoms with Gasteiger partial charge in [0.05, 0.1) is 0 Å². The van der Waals surface area contributed by atoms with Gasteiger partial charge in [-0.1, -0.05) is 29.8 Å². The molecule has 0 saturated carbocycles. The van der Waals surface area contributed by atoms with Gasteiger partial charge in [0.15, 0.2) is 0 Å². The van der Waals surface area contributed by atoms with E-state index in [1.165, 1.54) is 22.3 Å². The number of hydrogen-bond donors (Lipinski definition) is 0. The minimum Gasteiger partial charge on any atom is -0.0768 e. The van der Waals surface area contributed by atoms with Crippen molar-refractivity contribution in [2.45, 2.75) is 20.3 Å². The van der Waals surface area contributed by atoms with E-state index in [4.69, 9.17) is 0 Å². The zero-order chi connectivity index (χ0) is 8.55. The predicted molar refractivity (Wildman–Crippen MR) is 52.0 cm³/mol. The maximum absolute atomic E-state index is 2.23. The average molecular weight is 157 g/mol. The largest absolute Gasteiger partial charge is 0.0768 e. The second-order valence-corrected chi connectivity index (χ2v) is 3.50. The third-order valence-electron chi connectivity index (χ3n) is 2.42. The molecule has 0 unspecified atom stereocenters. The Hall–Kier alpha value is -1.04. The molecule has 0 fully saturated rings. The van der Waals surface area contributed by atoms with Crippen LogP contribution in [0.5, 0.6) is 0 Å². The monoisotopic (exact) mass is 157 g/mol. The maximum atomic E-state index is 2.23. The Bertz CT molecular complexity index is 332. The van der Waals surface area contributed by atoms with Crippen LogP contribution in [0, 0.1) is 13.3 Å². The summed E-state index contributed by atoms with van der Waals surface area (Å²) in [5, 5.41) is 0. The van der Waals surface area contributed by atoms with Crippen molar-refractivity contribution >= 4 is 0 Å². The zero-order valence-electron chi connectivity index (χ0n) is 7.59. The average Bonchev–Trinajstić information content (AvgIpc) is 2.04. The summed E-state index contributed by atoms with van der Waals surface area (Å²) in [6.07, 6.45) is 5.56. The molecule has 0 nitrogen and oxygen atoms in total. The lowest BCUT2D eigenvalue weighted by molar-refractivity contribution is 1.08. The summed E-state index contributed by atoms with van der Waals surface area (Å²) >= 11 is 0. The van der Waals surface area contributed by atoms with Crippen molar-refractivity contribution in [1.29, 1.82) is 0 Å². The third-order valence-corrected chi connectivity index (χ3v) is 2.42. The predicted octanol–water partition coefficient (Wildman–Crippen LogP) is 3.05. The molecule has 0 bridgehead atoms. The molecule has 0 aliphatic heterocycles.